The zero-order chi connectivity index (χ0) is 9.30. The summed E-state index contributed by atoms with van der Waals surface area (Å²) in [6, 6.07) is 3.27. The van der Waals surface area contributed by atoms with Crippen molar-refractivity contribution < 1.29 is 4.39 Å². The first-order valence-electron chi connectivity index (χ1n) is 3.67. The first-order valence-corrected chi connectivity index (χ1v) is 4.43. The van der Waals surface area contributed by atoms with Crippen LogP contribution >= 0.6 is 23.2 Å². The molecule has 0 aromatic heterocycles. The smallest absolute Gasteiger partial charge is 0.160 e. The summed E-state index contributed by atoms with van der Waals surface area (Å²) in [5.41, 5.74) is 0.790. The zero-order valence-electron chi connectivity index (χ0n) is 6.87. The lowest BCUT2D eigenvalue weighted by molar-refractivity contribution is 0.624. The second kappa shape index (κ2) is 3.63. The molecule has 0 aliphatic carbocycles. The normalized spacial score (nSPS) is 10.8. The fourth-order valence-corrected chi connectivity index (χ4v) is 1.58. The van der Waals surface area contributed by atoms with Gasteiger partial charge in [-0.3, -0.25) is 0 Å². The summed E-state index contributed by atoms with van der Waals surface area (Å²) in [5, 5.41) is 0.210. The highest BCUT2D eigenvalue weighted by atomic mass is 35.5. The Morgan fingerprint density at radius 2 is 1.83 bits per heavy atom. The van der Waals surface area contributed by atoms with Gasteiger partial charge >= 0.3 is 0 Å². The van der Waals surface area contributed by atoms with Gasteiger partial charge in [-0.2, -0.15) is 0 Å². The summed E-state index contributed by atoms with van der Waals surface area (Å²) >= 11 is 11.3. The van der Waals surface area contributed by atoms with Crippen LogP contribution in [-0.4, -0.2) is 0 Å². The molecule has 3 heteroatoms. The van der Waals surface area contributed by atoms with Crippen LogP contribution in [0.3, 0.4) is 0 Å². The van der Waals surface area contributed by atoms with Gasteiger partial charge in [0.05, 0.1) is 10.0 Å². The molecule has 0 aliphatic heterocycles. The van der Waals surface area contributed by atoms with Crippen LogP contribution in [0.25, 0.3) is 0 Å². The van der Waals surface area contributed by atoms with Crippen LogP contribution in [0.15, 0.2) is 12.1 Å². The molecule has 0 saturated heterocycles. The summed E-state index contributed by atoms with van der Waals surface area (Å²) in [6.07, 6.45) is 0. The van der Waals surface area contributed by atoms with Gasteiger partial charge in [0.25, 0.3) is 0 Å². The quantitative estimate of drug-likeness (QED) is 0.603. The van der Waals surface area contributed by atoms with Crippen LogP contribution in [0.4, 0.5) is 4.39 Å². The molecule has 1 rings (SSSR count). The molecule has 1 aromatic carbocycles. The summed E-state index contributed by atoms with van der Waals surface area (Å²) in [6.45, 7) is 3.91. The summed E-state index contributed by atoms with van der Waals surface area (Å²) < 4.78 is 13.1. The summed E-state index contributed by atoms with van der Waals surface area (Å²) in [5.74, 6) is -0.311. The van der Waals surface area contributed by atoms with E-state index in [1.807, 2.05) is 13.8 Å². The van der Waals surface area contributed by atoms with Gasteiger partial charge in [0, 0.05) is 0 Å². The number of benzene rings is 1. The Balaban J connectivity index is 3.27. The van der Waals surface area contributed by atoms with E-state index in [4.69, 9.17) is 23.2 Å². The van der Waals surface area contributed by atoms with Crippen molar-refractivity contribution in [2.75, 3.05) is 0 Å². The predicted molar refractivity (Wildman–Crippen MR) is 50.5 cm³/mol. The summed E-state index contributed by atoms with van der Waals surface area (Å²) in [4.78, 5) is 0. The van der Waals surface area contributed by atoms with E-state index < -0.39 is 5.82 Å². The first-order chi connectivity index (χ1) is 5.54. The molecule has 0 saturated carbocycles. The van der Waals surface area contributed by atoms with Crippen LogP contribution in [-0.2, 0) is 0 Å². The van der Waals surface area contributed by atoms with Crippen LogP contribution < -0.4 is 0 Å². The minimum Gasteiger partial charge on any atom is -0.204 e. The fraction of sp³-hybridized carbons (Fsp3) is 0.333. The molecule has 0 radical (unpaired) electrons. The maximum atomic E-state index is 13.1. The molecule has 0 nitrogen and oxygen atoms in total. The molecule has 0 heterocycles. The van der Waals surface area contributed by atoms with Crippen molar-refractivity contribution in [1.82, 2.24) is 0 Å². The Hall–Kier alpha value is -0.270. The first kappa shape index (κ1) is 9.82. The largest absolute Gasteiger partial charge is 0.204 e. The van der Waals surface area contributed by atoms with Crippen LogP contribution in [0.2, 0.25) is 10.0 Å². The second-order valence-electron chi connectivity index (χ2n) is 2.92. The minimum absolute atomic E-state index is 0.0735. The van der Waals surface area contributed by atoms with E-state index in [2.05, 4.69) is 0 Å². The Morgan fingerprint density at radius 1 is 1.25 bits per heavy atom. The summed E-state index contributed by atoms with van der Waals surface area (Å²) in [7, 11) is 0. The lowest BCUT2D eigenvalue weighted by Crippen LogP contribution is -1.91. The third-order valence-electron chi connectivity index (χ3n) is 1.69. The number of halogens is 3. The van der Waals surface area contributed by atoms with Gasteiger partial charge in [-0.15, -0.1) is 0 Å². The van der Waals surface area contributed by atoms with Gasteiger partial charge in [0.2, 0.25) is 0 Å². The lowest BCUT2D eigenvalue weighted by atomic mass is 10.0. The van der Waals surface area contributed by atoms with Crippen molar-refractivity contribution >= 4 is 23.2 Å². The van der Waals surface area contributed by atoms with Gasteiger partial charge in [-0.25, -0.2) is 4.39 Å². The minimum atomic E-state index is -0.524. The Kier molecular flexibility index (Phi) is 2.97. The van der Waals surface area contributed by atoms with Crippen molar-refractivity contribution in [3.63, 3.8) is 0 Å². The number of hydrogen-bond donors (Lipinski definition) is 0. The third kappa shape index (κ3) is 1.73. The van der Waals surface area contributed by atoms with Crippen LogP contribution in [0.5, 0.6) is 0 Å². The van der Waals surface area contributed by atoms with Gasteiger partial charge < -0.3 is 0 Å². The van der Waals surface area contributed by atoms with E-state index in [0.717, 1.165) is 5.56 Å². The van der Waals surface area contributed by atoms with E-state index in [1.54, 1.807) is 6.07 Å². The Labute approximate surface area is 81.3 Å². The number of hydrogen-bond acceptors (Lipinski definition) is 0. The van der Waals surface area contributed by atoms with Gasteiger partial charge in [-0.1, -0.05) is 43.1 Å². The molecular weight excluding hydrogens is 198 g/mol. The average Bonchev–Trinajstić information content (AvgIpc) is 2.00. The molecule has 0 fully saturated rings. The van der Waals surface area contributed by atoms with Crippen molar-refractivity contribution in [3.8, 4) is 0 Å². The molecule has 0 amide bonds. The highest BCUT2D eigenvalue weighted by Gasteiger charge is 2.11. The average molecular weight is 207 g/mol. The monoisotopic (exact) mass is 206 g/mol. The highest BCUT2D eigenvalue weighted by Crippen LogP contribution is 2.30. The molecule has 0 atom stereocenters. The Bertz CT molecular complexity index is 295. The van der Waals surface area contributed by atoms with Crippen molar-refractivity contribution in [3.05, 3.63) is 33.6 Å². The standard InChI is InChI=1S/C9H9Cl2F/c1-5(2)6-3-4-7(10)9(12)8(6)11/h3-5H,1-2H3. The van der Waals surface area contributed by atoms with E-state index in [-0.39, 0.29) is 16.0 Å². The highest BCUT2D eigenvalue weighted by molar-refractivity contribution is 6.35. The van der Waals surface area contributed by atoms with Gasteiger partial charge in [0.15, 0.2) is 5.82 Å². The number of rotatable bonds is 1. The SMILES string of the molecule is CC(C)c1ccc(Cl)c(F)c1Cl. The molecule has 12 heavy (non-hydrogen) atoms. The molecular formula is C9H9Cl2F. The lowest BCUT2D eigenvalue weighted by Gasteiger charge is -2.08. The third-order valence-corrected chi connectivity index (χ3v) is 2.36. The van der Waals surface area contributed by atoms with E-state index >= 15 is 0 Å². The fourth-order valence-electron chi connectivity index (χ4n) is 0.987. The van der Waals surface area contributed by atoms with Crippen LogP contribution in [0, 0.1) is 5.82 Å². The topological polar surface area (TPSA) is 0 Å². The van der Waals surface area contributed by atoms with E-state index in [0.29, 0.717) is 0 Å². The maximum Gasteiger partial charge on any atom is 0.160 e. The molecule has 0 spiro atoms. The van der Waals surface area contributed by atoms with Crippen molar-refractivity contribution in [2.24, 2.45) is 0 Å². The molecule has 1 aromatic rings. The molecule has 0 unspecified atom stereocenters. The molecule has 0 N–H and O–H groups in total. The molecule has 0 aliphatic rings. The van der Waals surface area contributed by atoms with Crippen LogP contribution in [0.1, 0.15) is 25.3 Å². The second-order valence-corrected chi connectivity index (χ2v) is 3.70. The zero-order valence-corrected chi connectivity index (χ0v) is 8.38. The van der Waals surface area contributed by atoms with Crippen molar-refractivity contribution in [2.45, 2.75) is 19.8 Å². The molecule has 66 valence electrons. The van der Waals surface area contributed by atoms with Gasteiger partial charge in [0.1, 0.15) is 0 Å². The van der Waals surface area contributed by atoms with E-state index in [1.165, 1.54) is 6.07 Å². The van der Waals surface area contributed by atoms with Gasteiger partial charge in [-0.05, 0) is 17.5 Å². The van der Waals surface area contributed by atoms with Crippen molar-refractivity contribution in [1.29, 1.82) is 0 Å². The molecule has 0 bridgehead atoms. The van der Waals surface area contributed by atoms with E-state index in [9.17, 15) is 4.39 Å². The Morgan fingerprint density at radius 3 is 2.33 bits per heavy atom. The predicted octanol–water partition coefficient (Wildman–Crippen LogP) is 4.26. The maximum absolute atomic E-state index is 13.1.